The van der Waals surface area contributed by atoms with E-state index in [1.165, 1.54) is 0 Å². The Morgan fingerprint density at radius 3 is 2.94 bits per heavy atom. The molecule has 4 heteroatoms. The van der Waals surface area contributed by atoms with Crippen LogP contribution in [0.1, 0.15) is 18.9 Å². The highest BCUT2D eigenvalue weighted by atomic mass is 16.6. The number of benzene rings is 1. The van der Waals surface area contributed by atoms with Gasteiger partial charge in [0, 0.05) is 12.8 Å². The van der Waals surface area contributed by atoms with Crippen LogP contribution in [0.3, 0.4) is 0 Å². The van der Waals surface area contributed by atoms with Crippen molar-refractivity contribution < 1.29 is 19.4 Å². The Morgan fingerprint density at radius 2 is 2.38 bits per heavy atom. The first kappa shape index (κ1) is 11.0. The first-order valence-corrected chi connectivity index (χ1v) is 5.33. The predicted octanol–water partition coefficient (Wildman–Crippen LogP) is 1.65. The number of hydrogen-bond donors (Lipinski definition) is 1. The second kappa shape index (κ2) is 4.53. The van der Waals surface area contributed by atoms with E-state index in [4.69, 9.17) is 9.47 Å². The van der Waals surface area contributed by atoms with Gasteiger partial charge in [0.1, 0.15) is 0 Å². The molecule has 1 saturated heterocycles. The number of epoxide rings is 1. The first-order chi connectivity index (χ1) is 7.69. The van der Waals surface area contributed by atoms with Crippen molar-refractivity contribution in [3.63, 3.8) is 0 Å². The molecule has 1 atom stereocenters. The number of ether oxygens (including phenoxy) is 2. The van der Waals surface area contributed by atoms with Gasteiger partial charge in [-0.3, -0.25) is 4.79 Å². The van der Waals surface area contributed by atoms with Crippen LogP contribution < -0.4 is 4.74 Å². The number of phenolic OH excluding ortho intramolecular Hbond substituents is 1. The van der Waals surface area contributed by atoms with E-state index in [0.717, 1.165) is 18.6 Å². The lowest BCUT2D eigenvalue weighted by Crippen LogP contribution is -2.05. The molecule has 1 aliphatic heterocycles. The summed E-state index contributed by atoms with van der Waals surface area (Å²) in [6.45, 7) is 2.49. The van der Waals surface area contributed by atoms with E-state index in [9.17, 15) is 9.90 Å². The Bertz CT molecular complexity index is 396. The van der Waals surface area contributed by atoms with Crippen molar-refractivity contribution in [2.45, 2.75) is 25.9 Å². The van der Waals surface area contributed by atoms with Crippen molar-refractivity contribution in [3.8, 4) is 11.5 Å². The van der Waals surface area contributed by atoms with Crippen LogP contribution in [0, 0.1) is 0 Å². The van der Waals surface area contributed by atoms with Crippen LogP contribution in [0.4, 0.5) is 0 Å². The lowest BCUT2D eigenvalue weighted by molar-refractivity contribution is -0.134. The summed E-state index contributed by atoms with van der Waals surface area (Å²) in [6, 6.07) is 5.06. The molecule has 0 spiro atoms. The topological polar surface area (TPSA) is 59.1 Å². The molecule has 4 nitrogen and oxygen atoms in total. The van der Waals surface area contributed by atoms with E-state index < -0.39 is 0 Å². The summed E-state index contributed by atoms with van der Waals surface area (Å²) in [6.07, 6.45) is 1.36. The fourth-order valence-corrected chi connectivity index (χ4v) is 1.42. The zero-order chi connectivity index (χ0) is 11.5. The predicted molar refractivity (Wildman–Crippen MR) is 57.5 cm³/mol. The largest absolute Gasteiger partial charge is 0.504 e. The normalized spacial score (nSPS) is 18.2. The summed E-state index contributed by atoms with van der Waals surface area (Å²) in [5, 5.41) is 9.65. The zero-order valence-corrected chi connectivity index (χ0v) is 9.10. The van der Waals surface area contributed by atoms with E-state index in [-0.39, 0.29) is 30.0 Å². The Kier molecular flexibility index (Phi) is 3.10. The summed E-state index contributed by atoms with van der Waals surface area (Å²) in [4.78, 5) is 11.1. The smallest absolute Gasteiger partial charge is 0.311 e. The van der Waals surface area contributed by atoms with E-state index in [0.29, 0.717) is 0 Å². The maximum absolute atomic E-state index is 11.1. The number of phenols is 1. The molecule has 16 heavy (non-hydrogen) atoms. The summed E-state index contributed by atoms with van der Waals surface area (Å²) >= 11 is 0. The van der Waals surface area contributed by atoms with Crippen molar-refractivity contribution in [1.29, 1.82) is 0 Å². The van der Waals surface area contributed by atoms with Gasteiger partial charge in [-0.2, -0.15) is 0 Å². The van der Waals surface area contributed by atoms with Crippen LogP contribution in [0.25, 0.3) is 0 Å². The average molecular weight is 222 g/mol. The number of carbonyl (C=O) groups is 1. The Labute approximate surface area is 93.8 Å². The van der Waals surface area contributed by atoms with Gasteiger partial charge in [-0.15, -0.1) is 0 Å². The molecule has 1 fully saturated rings. The molecule has 2 rings (SSSR count). The molecule has 0 saturated carbocycles. The van der Waals surface area contributed by atoms with Gasteiger partial charge in [-0.25, -0.2) is 0 Å². The lowest BCUT2D eigenvalue weighted by Gasteiger charge is -2.06. The average Bonchev–Trinajstić information content (AvgIpc) is 3.06. The van der Waals surface area contributed by atoms with Crippen LogP contribution in [0.5, 0.6) is 11.5 Å². The highest BCUT2D eigenvalue weighted by Crippen LogP contribution is 2.28. The summed E-state index contributed by atoms with van der Waals surface area (Å²) in [7, 11) is 0. The fourth-order valence-electron chi connectivity index (χ4n) is 1.42. The molecule has 86 valence electrons. The number of hydrogen-bond acceptors (Lipinski definition) is 4. The fraction of sp³-hybridized carbons (Fsp3) is 0.417. The molecule has 1 aliphatic rings. The highest BCUT2D eigenvalue weighted by molar-refractivity contribution is 5.72. The molecule has 1 aromatic rings. The molecule has 1 heterocycles. The first-order valence-electron chi connectivity index (χ1n) is 5.33. The SMILES string of the molecule is CCC(=O)Oc1ccc(CC2CO2)cc1O. The maximum atomic E-state index is 11.1. The van der Waals surface area contributed by atoms with Crippen LogP contribution in [0.2, 0.25) is 0 Å². The van der Waals surface area contributed by atoms with Gasteiger partial charge in [0.2, 0.25) is 0 Å². The molecule has 1 aromatic carbocycles. The second-order valence-electron chi connectivity index (χ2n) is 3.79. The quantitative estimate of drug-likeness (QED) is 0.478. The molecular formula is C12H14O4. The molecule has 0 aromatic heterocycles. The second-order valence-corrected chi connectivity index (χ2v) is 3.79. The van der Waals surface area contributed by atoms with Gasteiger partial charge in [0.15, 0.2) is 11.5 Å². The summed E-state index contributed by atoms with van der Waals surface area (Å²) < 4.78 is 10.0. The molecule has 1 unspecified atom stereocenters. The minimum Gasteiger partial charge on any atom is -0.504 e. The minimum absolute atomic E-state index is 0.0000463. The molecule has 0 amide bonds. The van der Waals surface area contributed by atoms with Gasteiger partial charge in [0.25, 0.3) is 0 Å². The van der Waals surface area contributed by atoms with E-state index in [1.807, 2.05) is 6.07 Å². The van der Waals surface area contributed by atoms with Gasteiger partial charge in [-0.05, 0) is 17.7 Å². The Morgan fingerprint density at radius 1 is 1.62 bits per heavy atom. The van der Waals surface area contributed by atoms with Gasteiger partial charge in [0.05, 0.1) is 12.7 Å². The van der Waals surface area contributed by atoms with Crippen molar-refractivity contribution in [1.82, 2.24) is 0 Å². The number of esters is 1. The van der Waals surface area contributed by atoms with Crippen molar-refractivity contribution in [2.24, 2.45) is 0 Å². The monoisotopic (exact) mass is 222 g/mol. The minimum atomic E-state index is -0.353. The molecule has 0 bridgehead atoms. The standard InChI is InChI=1S/C12H14O4/c1-2-12(14)16-11-4-3-8(6-10(11)13)5-9-7-15-9/h3-4,6,9,13H,2,5,7H2,1H3. The van der Waals surface area contributed by atoms with Crippen molar-refractivity contribution in [2.75, 3.05) is 6.61 Å². The Hall–Kier alpha value is -1.55. The third kappa shape index (κ3) is 2.73. The van der Waals surface area contributed by atoms with Gasteiger partial charge >= 0.3 is 5.97 Å². The van der Waals surface area contributed by atoms with E-state index in [1.54, 1.807) is 19.1 Å². The third-order valence-corrected chi connectivity index (χ3v) is 2.40. The molecule has 1 N–H and O–H groups in total. The summed E-state index contributed by atoms with van der Waals surface area (Å²) in [5.74, 6) is -0.138. The number of rotatable bonds is 4. The number of aromatic hydroxyl groups is 1. The molecular weight excluding hydrogens is 208 g/mol. The maximum Gasteiger partial charge on any atom is 0.311 e. The van der Waals surface area contributed by atoms with Crippen molar-refractivity contribution >= 4 is 5.97 Å². The molecule has 0 aliphatic carbocycles. The Balaban J connectivity index is 2.06. The van der Waals surface area contributed by atoms with Crippen LogP contribution in [-0.4, -0.2) is 23.8 Å². The summed E-state index contributed by atoms with van der Waals surface area (Å²) in [5.41, 5.74) is 0.983. The van der Waals surface area contributed by atoms with Gasteiger partial charge in [-0.1, -0.05) is 13.0 Å². The van der Waals surface area contributed by atoms with Crippen LogP contribution >= 0.6 is 0 Å². The number of carbonyl (C=O) groups excluding carboxylic acids is 1. The van der Waals surface area contributed by atoms with Crippen LogP contribution in [-0.2, 0) is 16.0 Å². The van der Waals surface area contributed by atoms with E-state index in [2.05, 4.69) is 0 Å². The highest BCUT2D eigenvalue weighted by Gasteiger charge is 2.23. The lowest BCUT2D eigenvalue weighted by atomic mass is 10.1. The van der Waals surface area contributed by atoms with E-state index >= 15 is 0 Å². The van der Waals surface area contributed by atoms with Gasteiger partial charge < -0.3 is 14.6 Å². The third-order valence-electron chi connectivity index (χ3n) is 2.40. The zero-order valence-electron chi connectivity index (χ0n) is 9.10. The molecule has 0 radical (unpaired) electrons. The van der Waals surface area contributed by atoms with Crippen molar-refractivity contribution in [3.05, 3.63) is 23.8 Å². The van der Waals surface area contributed by atoms with Crippen LogP contribution in [0.15, 0.2) is 18.2 Å².